The van der Waals surface area contributed by atoms with Crippen LogP contribution in [0.5, 0.6) is 0 Å². The highest BCUT2D eigenvalue weighted by atomic mass is 16.3. The van der Waals surface area contributed by atoms with Crippen molar-refractivity contribution in [1.82, 2.24) is 24.1 Å². The topological polar surface area (TPSA) is 61.7 Å². The van der Waals surface area contributed by atoms with Gasteiger partial charge in [0.1, 0.15) is 5.58 Å². The summed E-state index contributed by atoms with van der Waals surface area (Å²) in [6, 6.07) is 74.3. The molecule has 13 rings (SSSR count). The molecule has 9 aromatic carbocycles. The molecule has 4 heterocycles. The molecule has 0 spiro atoms. The number of rotatable bonds is 6. The van der Waals surface area contributed by atoms with E-state index in [1.165, 1.54) is 16.2 Å². The lowest BCUT2D eigenvalue weighted by molar-refractivity contribution is 0.666. The van der Waals surface area contributed by atoms with Gasteiger partial charge in [0.15, 0.2) is 23.1 Å². The maximum absolute atomic E-state index is 6.72. The van der Waals surface area contributed by atoms with Crippen molar-refractivity contribution in [2.45, 2.75) is 0 Å². The molecule has 13 aromatic rings. The van der Waals surface area contributed by atoms with Gasteiger partial charge >= 0.3 is 0 Å². The molecule has 0 unspecified atom stereocenters. The number of hydrogen-bond donors (Lipinski definition) is 0. The molecule has 6 nitrogen and oxygen atoms in total. The number of fused-ring (bicyclic) bond motifs is 10. The summed E-state index contributed by atoms with van der Waals surface area (Å²) in [6.07, 6.45) is 0. The van der Waals surface area contributed by atoms with Crippen molar-refractivity contribution >= 4 is 65.6 Å². The molecule has 0 radical (unpaired) electrons. The van der Waals surface area contributed by atoms with Gasteiger partial charge in [-0.3, -0.25) is 0 Å². The monoisotopic (exact) mass is 805 g/mol. The fourth-order valence-corrected chi connectivity index (χ4v) is 9.50. The molecule has 294 valence electrons. The third-order valence-electron chi connectivity index (χ3n) is 12.4. The summed E-state index contributed by atoms with van der Waals surface area (Å²) in [7, 11) is 0. The molecule has 0 amide bonds. The summed E-state index contributed by atoms with van der Waals surface area (Å²) in [5, 5.41) is 6.87. The van der Waals surface area contributed by atoms with Crippen LogP contribution in [0.1, 0.15) is 0 Å². The van der Waals surface area contributed by atoms with Crippen molar-refractivity contribution in [3.05, 3.63) is 212 Å². The molecule has 63 heavy (non-hydrogen) atoms. The Morgan fingerprint density at radius 2 is 0.794 bits per heavy atom. The average molecular weight is 806 g/mol. The maximum Gasteiger partial charge on any atom is 0.164 e. The Morgan fingerprint density at radius 3 is 1.49 bits per heavy atom. The quantitative estimate of drug-likeness (QED) is 0.168. The van der Waals surface area contributed by atoms with Gasteiger partial charge in [-0.05, 0) is 47.5 Å². The van der Waals surface area contributed by atoms with Gasteiger partial charge in [0.25, 0.3) is 0 Å². The van der Waals surface area contributed by atoms with Gasteiger partial charge in [0.2, 0.25) is 0 Å². The Balaban J connectivity index is 1.05. The second-order valence-corrected chi connectivity index (χ2v) is 16.0. The minimum atomic E-state index is 0.601. The highest BCUT2D eigenvalue weighted by Gasteiger charge is 2.24. The molecule has 0 aliphatic carbocycles. The normalized spacial score (nSPS) is 11.8. The number of para-hydroxylation sites is 4. The summed E-state index contributed by atoms with van der Waals surface area (Å²) >= 11 is 0. The fraction of sp³-hybridized carbons (Fsp3) is 0. The van der Waals surface area contributed by atoms with Crippen molar-refractivity contribution in [3.63, 3.8) is 0 Å². The lowest BCUT2D eigenvalue weighted by atomic mass is 10.0. The van der Waals surface area contributed by atoms with E-state index in [-0.39, 0.29) is 0 Å². The zero-order valence-electron chi connectivity index (χ0n) is 33.9. The predicted molar refractivity (Wildman–Crippen MR) is 258 cm³/mol. The zero-order chi connectivity index (χ0) is 41.4. The Labute approximate surface area is 361 Å². The number of aromatic nitrogens is 5. The van der Waals surface area contributed by atoms with E-state index in [9.17, 15) is 0 Å². The molecule has 0 N–H and O–H groups in total. The molecule has 0 bridgehead atoms. The van der Waals surface area contributed by atoms with Crippen LogP contribution in [0.2, 0.25) is 0 Å². The Bertz CT molecular complexity index is 3900. The fourth-order valence-electron chi connectivity index (χ4n) is 9.50. The first-order chi connectivity index (χ1) is 31.2. The third-order valence-corrected chi connectivity index (χ3v) is 12.4. The van der Waals surface area contributed by atoms with Crippen LogP contribution in [0.25, 0.3) is 122 Å². The van der Waals surface area contributed by atoms with Gasteiger partial charge in [-0.1, -0.05) is 176 Å². The largest absolute Gasteiger partial charge is 0.454 e. The van der Waals surface area contributed by atoms with Crippen molar-refractivity contribution in [2.75, 3.05) is 0 Å². The van der Waals surface area contributed by atoms with E-state index in [2.05, 4.69) is 173 Å². The van der Waals surface area contributed by atoms with Crippen LogP contribution in [0.3, 0.4) is 0 Å². The van der Waals surface area contributed by atoms with Crippen LogP contribution >= 0.6 is 0 Å². The van der Waals surface area contributed by atoms with Gasteiger partial charge in [-0.15, -0.1) is 0 Å². The second-order valence-electron chi connectivity index (χ2n) is 16.0. The number of benzene rings is 9. The highest BCUT2D eigenvalue weighted by Crippen LogP contribution is 2.44. The van der Waals surface area contributed by atoms with Crippen LogP contribution < -0.4 is 0 Å². The first kappa shape index (κ1) is 35.2. The summed E-state index contributed by atoms with van der Waals surface area (Å²) < 4.78 is 11.5. The minimum absolute atomic E-state index is 0.601. The van der Waals surface area contributed by atoms with Crippen LogP contribution in [-0.4, -0.2) is 24.1 Å². The van der Waals surface area contributed by atoms with Gasteiger partial charge in [-0.2, -0.15) is 0 Å². The first-order valence-electron chi connectivity index (χ1n) is 21.2. The van der Waals surface area contributed by atoms with Crippen LogP contribution in [0.15, 0.2) is 217 Å². The standard InChI is InChI=1S/C57H35N5O/c1-3-15-36(16-4-1)37-29-31-39(32-30-37)56-58-55(38-17-5-2-6-18-38)59-57(60-56)40-19-13-20-41(35-40)61-48-25-10-7-21-42(48)45-33-34-46-43-22-8-11-26-49(43)62(53(46)52(45)61)50-27-14-24-47-44-23-9-12-28-51(44)63-54(47)50/h1-35H. The van der Waals surface area contributed by atoms with E-state index in [1.807, 2.05) is 48.5 Å². The molecule has 0 saturated carbocycles. The molecule has 0 aliphatic heterocycles. The van der Waals surface area contributed by atoms with Gasteiger partial charge < -0.3 is 13.6 Å². The lowest BCUT2D eigenvalue weighted by Gasteiger charge is -2.14. The van der Waals surface area contributed by atoms with E-state index in [4.69, 9.17) is 19.4 Å². The van der Waals surface area contributed by atoms with Crippen molar-refractivity contribution in [3.8, 4) is 56.7 Å². The minimum Gasteiger partial charge on any atom is -0.454 e. The lowest BCUT2D eigenvalue weighted by Crippen LogP contribution is -2.02. The first-order valence-corrected chi connectivity index (χ1v) is 21.2. The van der Waals surface area contributed by atoms with Gasteiger partial charge in [0.05, 0.1) is 27.8 Å². The molecular formula is C57H35N5O. The van der Waals surface area contributed by atoms with E-state index in [0.29, 0.717) is 17.5 Å². The number of nitrogens with zero attached hydrogens (tertiary/aromatic N) is 5. The summed E-state index contributed by atoms with van der Waals surface area (Å²) in [5.74, 6) is 1.84. The van der Waals surface area contributed by atoms with Gasteiger partial charge in [-0.25, -0.2) is 15.0 Å². The number of furan rings is 1. The third kappa shape index (κ3) is 5.55. The summed E-state index contributed by atoms with van der Waals surface area (Å²) in [6.45, 7) is 0. The maximum atomic E-state index is 6.72. The van der Waals surface area contributed by atoms with Crippen LogP contribution in [-0.2, 0) is 0 Å². The molecule has 6 heteroatoms. The highest BCUT2D eigenvalue weighted by molar-refractivity contribution is 6.24. The smallest absolute Gasteiger partial charge is 0.164 e. The van der Waals surface area contributed by atoms with E-state index in [0.717, 1.165) is 88.6 Å². The Kier molecular flexibility index (Phi) is 7.80. The van der Waals surface area contributed by atoms with Gasteiger partial charge in [0, 0.05) is 54.7 Å². The van der Waals surface area contributed by atoms with Crippen LogP contribution in [0.4, 0.5) is 0 Å². The summed E-state index contributed by atoms with van der Waals surface area (Å²) in [4.78, 5) is 15.4. The molecule has 0 fully saturated rings. The number of hydrogen-bond acceptors (Lipinski definition) is 4. The Hall–Kier alpha value is -8.61. The van der Waals surface area contributed by atoms with E-state index in [1.54, 1.807) is 0 Å². The van der Waals surface area contributed by atoms with Crippen molar-refractivity contribution in [1.29, 1.82) is 0 Å². The molecule has 0 saturated heterocycles. The van der Waals surface area contributed by atoms with E-state index >= 15 is 0 Å². The predicted octanol–water partition coefficient (Wildman–Crippen LogP) is 14.6. The van der Waals surface area contributed by atoms with Crippen molar-refractivity contribution < 1.29 is 4.42 Å². The SMILES string of the molecule is c1ccc(-c2ccc(-c3nc(-c4ccccc4)nc(-c4cccc(-n5c6ccccc6c6ccc7c8ccccc8n(-c8cccc9c8oc8ccccc89)c7c65)c4)n3)cc2)cc1. The van der Waals surface area contributed by atoms with Crippen molar-refractivity contribution in [2.24, 2.45) is 0 Å². The summed E-state index contributed by atoms with van der Waals surface area (Å²) in [5.41, 5.74) is 13.2. The average Bonchev–Trinajstić information content (AvgIpc) is 4.03. The zero-order valence-corrected chi connectivity index (χ0v) is 33.9. The second kappa shape index (κ2) is 14.0. The molecule has 0 aliphatic rings. The van der Waals surface area contributed by atoms with E-state index < -0.39 is 0 Å². The Morgan fingerprint density at radius 1 is 0.317 bits per heavy atom. The molecule has 0 atom stereocenters. The molecular weight excluding hydrogens is 771 g/mol. The van der Waals surface area contributed by atoms with Crippen LogP contribution in [0, 0.1) is 0 Å². The molecule has 4 aromatic heterocycles.